The summed E-state index contributed by atoms with van der Waals surface area (Å²) in [6.45, 7) is 2.11. The summed E-state index contributed by atoms with van der Waals surface area (Å²) in [5.74, 6) is -0.457. The number of hydrogen-bond donors (Lipinski definition) is 2. The van der Waals surface area contributed by atoms with Crippen LogP contribution in [-0.4, -0.2) is 19.8 Å². The molecule has 0 fully saturated rings. The number of unbranched alkanes of at least 4 members (excludes halogenated alkanes) is 1. The van der Waals surface area contributed by atoms with Crippen molar-refractivity contribution in [2.75, 3.05) is 10.0 Å². The third kappa shape index (κ3) is 5.72. The van der Waals surface area contributed by atoms with Gasteiger partial charge < -0.3 is 5.32 Å². The first-order chi connectivity index (χ1) is 12.6. The molecule has 2 aromatic carbocycles. The lowest BCUT2D eigenvalue weighted by Gasteiger charge is -2.11. The molecule has 2 aromatic rings. The van der Waals surface area contributed by atoms with E-state index in [1.807, 2.05) is 12.1 Å². The molecule has 2 rings (SSSR count). The van der Waals surface area contributed by atoms with Gasteiger partial charge in [0.05, 0.1) is 0 Å². The molecule has 0 atom stereocenters. The summed E-state index contributed by atoms with van der Waals surface area (Å²) in [6.07, 6.45) is 3.13. The van der Waals surface area contributed by atoms with Crippen molar-refractivity contribution in [2.24, 2.45) is 0 Å². The molecule has 0 spiro atoms. The van der Waals surface area contributed by atoms with E-state index in [0.29, 0.717) is 5.69 Å². The van der Waals surface area contributed by atoms with Crippen molar-refractivity contribution in [3.8, 4) is 0 Å². The normalized spacial score (nSPS) is 11.9. The smallest absolute Gasteiger partial charge is 0.322 e. The monoisotopic (exact) mass is 400 g/mol. The molecule has 0 heterocycles. The fourth-order valence-corrected chi connectivity index (χ4v) is 2.80. The van der Waals surface area contributed by atoms with Crippen LogP contribution in [-0.2, 0) is 16.4 Å². The lowest BCUT2D eigenvalue weighted by atomic mass is 10.1. The van der Waals surface area contributed by atoms with Crippen LogP contribution in [0.3, 0.4) is 0 Å². The van der Waals surface area contributed by atoms with Crippen LogP contribution < -0.4 is 10.0 Å². The molecule has 9 heteroatoms. The number of carbonyl (C=O) groups is 1. The van der Waals surface area contributed by atoms with Gasteiger partial charge in [0, 0.05) is 16.9 Å². The molecule has 0 aliphatic carbocycles. The van der Waals surface area contributed by atoms with Crippen molar-refractivity contribution in [1.82, 2.24) is 0 Å². The zero-order chi connectivity index (χ0) is 20.1. The lowest BCUT2D eigenvalue weighted by Crippen LogP contribution is -2.29. The lowest BCUT2D eigenvalue weighted by molar-refractivity contribution is -0.0429. The van der Waals surface area contributed by atoms with E-state index in [1.165, 1.54) is 16.9 Å². The van der Waals surface area contributed by atoms with Gasteiger partial charge in [-0.1, -0.05) is 25.5 Å². The number of aryl methyl sites for hydroxylation is 1. The quantitative estimate of drug-likeness (QED) is 0.716. The maximum Gasteiger partial charge on any atom is 0.516 e. The minimum atomic E-state index is -5.49. The van der Waals surface area contributed by atoms with Crippen molar-refractivity contribution in [3.63, 3.8) is 0 Å². The summed E-state index contributed by atoms with van der Waals surface area (Å²) in [7, 11) is -5.49. The Labute approximate surface area is 155 Å². The van der Waals surface area contributed by atoms with E-state index in [9.17, 15) is 26.4 Å². The number of sulfonamides is 1. The van der Waals surface area contributed by atoms with Crippen molar-refractivity contribution in [2.45, 2.75) is 31.7 Å². The number of carbonyl (C=O) groups excluding carboxylic acids is 1. The van der Waals surface area contributed by atoms with Crippen LogP contribution in [0.25, 0.3) is 0 Å². The molecule has 27 heavy (non-hydrogen) atoms. The molecule has 0 aliphatic rings. The minimum absolute atomic E-state index is 0.181. The van der Waals surface area contributed by atoms with Gasteiger partial charge in [0.2, 0.25) is 0 Å². The van der Waals surface area contributed by atoms with E-state index in [-0.39, 0.29) is 11.3 Å². The predicted molar refractivity (Wildman–Crippen MR) is 98.0 cm³/mol. The first kappa shape index (κ1) is 20.8. The summed E-state index contributed by atoms with van der Waals surface area (Å²) in [6, 6.07) is 12.0. The number of alkyl halides is 3. The van der Waals surface area contributed by atoms with Crippen molar-refractivity contribution < 1.29 is 26.4 Å². The second-order valence-corrected chi connectivity index (χ2v) is 7.56. The van der Waals surface area contributed by atoms with Gasteiger partial charge >= 0.3 is 15.5 Å². The second-order valence-electron chi connectivity index (χ2n) is 5.88. The Morgan fingerprint density at radius 1 is 0.963 bits per heavy atom. The molecule has 0 unspecified atom stereocenters. The molecular formula is C18H19F3N2O3S. The van der Waals surface area contributed by atoms with Gasteiger partial charge in [-0.15, -0.1) is 0 Å². The van der Waals surface area contributed by atoms with Crippen LogP contribution in [0, 0.1) is 0 Å². The van der Waals surface area contributed by atoms with Crippen molar-refractivity contribution in [3.05, 3.63) is 59.7 Å². The molecule has 5 nitrogen and oxygen atoms in total. The Morgan fingerprint density at radius 2 is 1.52 bits per heavy atom. The van der Waals surface area contributed by atoms with E-state index in [2.05, 4.69) is 12.2 Å². The Bertz CT molecular complexity index is 878. The Kier molecular flexibility index (Phi) is 6.48. The zero-order valence-corrected chi connectivity index (χ0v) is 15.3. The fourth-order valence-electron chi connectivity index (χ4n) is 2.24. The molecule has 0 aromatic heterocycles. The van der Waals surface area contributed by atoms with Gasteiger partial charge in [-0.3, -0.25) is 9.52 Å². The highest BCUT2D eigenvalue weighted by Gasteiger charge is 2.46. The van der Waals surface area contributed by atoms with Crippen LogP contribution in [0.2, 0.25) is 0 Å². The number of hydrogen-bond acceptors (Lipinski definition) is 3. The number of nitrogens with one attached hydrogen (secondary N) is 2. The summed E-state index contributed by atoms with van der Waals surface area (Å²) >= 11 is 0. The first-order valence-electron chi connectivity index (χ1n) is 8.22. The van der Waals surface area contributed by atoms with E-state index in [0.717, 1.165) is 37.0 Å². The number of benzene rings is 2. The van der Waals surface area contributed by atoms with Gasteiger partial charge in [-0.25, -0.2) is 0 Å². The SMILES string of the molecule is CCCCc1ccc(NC(=O)c2ccc(NS(=O)(=O)C(F)(F)F)cc2)cc1. The Morgan fingerprint density at radius 3 is 2.04 bits per heavy atom. The highest BCUT2D eigenvalue weighted by molar-refractivity contribution is 7.93. The highest BCUT2D eigenvalue weighted by Crippen LogP contribution is 2.25. The highest BCUT2D eigenvalue weighted by atomic mass is 32.2. The standard InChI is InChI=1S/C18H19F3N2O3S/c1-2-3-4-13-5-9-15(10-6-13)22-17(24)14-7-11-16(12-8-14)23-27(25,26)18(19,20)21/h5-12,23H,2-4H2,1H3,(H,22,24). The molecule has 0 saturated heterocycles. The molecule has 1 amide bonds. The molecule has 0 aliphatic heterocycles. The van der Waals surface area contributed by atoms with Crippen LogP contribution in [0.4, 0.5) is 24.5 Å². The number of rotatable bonds is 7. The second kappa shape index (κ2) is 8.43. The Hall–Kier alpha value is -2.55. The summed E-state index contributed by atoms with van der Waals surface area (Å²) < 4.78 is 60.6. The van der Waals surface area contributed by atoms with Crippen LogP contribution in [0.5, 0.6) is 0 Å². The average Bonchev–Trinajstić information content (AvgIpc) is 2.60. The van der Waals surface area contributed by atoms with Gasteiger partial charge in [0.15, 0.2) is 0 Å². The van der Waals surface area contributed by atoms with Crippen LogP contribution >= 0.6 is 0 Å². The Balaban J connectivity index is 2.01. The molecular weight excluding hydrogens is 381 g/mol. The van der Waals surface area contributed by atoms with E-state index in [4.69, 9.17) is 0 Å². The van der Waals surface area contributed by atoms with Crippen molar-refractivity contribution >= 4 is 27.3 Å². The maximum atomic E-state index is 12.4. The first-order valence-corrected chi connectivity index (χ1v) is 9.70. The molecule has 0 radical (unpaired) electrons. The number of amides is 1. The molecule has 2 N–H and O–H groups in total. The molecule has 146 valence electrons. The molecule has 0 bridgehead atoms. The van der Waals surface area contributed by atoms with E-state index in [1.54, 1.807) is 12.1 Å². The fraction of sp³-hybridized carbons (Fsp3) is 0.278. The zero-order valence-electron chi connectivity index (χ0n) is 14.5. The maximum absolute atomic E-state index is 12.4. The third-order valence-corrected chi connectivity index (χ3v) is 4.85. The van der Waals surface area contributed by atoms with Gasteiger partial charge in [-0.2, -0.15) is 21.6 Å². The molecule has 0 saturated carbocycles. The average molecular weight is 400 g/mol. The van der Waals surface area contributed by atoms with E-state index < -0.39 is 21.4 Å². The van der Waals surface area contributed by atoms with Gasteiger partial charge in [-0.05, 0) is 54.8 Å². The summed E-state index contributed by atoms with van der Waals surface area (Å²) in [5, 5.41) is 2.68. The summed E-state index contributed by atoms with van der Waals surface area (Å²) in [4.78, 5) is 12.2. The van der Waals surface area contributed by atoms with E-state index >= 15 is 0 Å². The largest absolute Gasteiger partial charge is 0.516 e. The minimum Gasteiger partial charge on any atom is -0.322 e. The van der Waals surface area contributed by atoms with Crippen LogP contribution in [0.15, 0.2) is 48.5 Å². The predicted octanol–water partition coefficient (Wildman–Crippen LogP) is 4.54. The number of halogens is 3. The number of anilines is 2. The van der Waals surface area contributed by atoms with Crippen molar-refractivity contribution in [1.29, 1.82) is 0 Å². The topological polar surface area (TPSA) is 75.3 Å². The van der Waals surface area contributed by atoms with Crippen LogP contribution in [0.1, 0.15) is 35.7 Å². The third-order valence-electron chi connectivity index (χ3n) is 3.73. The van der Waals surface area contributed by atoms with Gasteiger partial charge in [0.25, 0.3) is 5.91 Å². The van der Waals surface area contributed by atoms with Gasteiger partial charge in [0.1, 0.15) is 0 Å². The summed E-state index contributed by atoms with van der Waals surface area (Å²) in [5.41, 5.74) is -3.77.